The van der Waals surface area contributed by atoms with Crippen molar-refractivity contribution in [2.24, 2.45) is 0 Å². The molecule has 0 atom stereocenters. The normalized spacial score (nSPS) is 11.5. The Morgan fingerprint density at radius 2 is 0.526 bits per heavy atom. The molecule has 0 radical (unpaired) electrons. The van der Waals surface area contributed by atoms with Gasteiger partial charge in [0.25, 0.3) is 0 Å². The molecule has 2 aliphatic heterocycles. The zero-order valence-corrected chi connectivity index (χ0v) is 31.0. The molecule has 0 aliphatic carbocycles. The van der Waals surface area contributed by atoms with E-state index in [2.05, 4.69) is 0 Å². The van der Waals surface area contributed by atoms with Crippen LogP contribution in [-0.4, -0.2) is 35.1 Å². The smallest absolute Gasteiger partial charge is 0.657 e. The van der Waals surface area contributed by atoms with Gasteiger partial charge in [-0.2, -0.15) is 0 Å². The van der Waals surface area contributed by atoms with Crippen molar-refractivity contribution in [2.75, 3.05) is 0 Å². The van der Waals surface area contributed by atoms with Crippen LogP contribution in [0.2, 0.25) is 0 Å². The summed E-state index contributed by atoms with van der Waals surface area (Å²) in [5.74, 6) is 0. The molecule has 0 fully saturated rings. The second kappa shape index (κ2) is 15.4. The number of carbonyl (C=O) groups excluding carboxylic acids is 4. The van der Waals surface area contributed by atoms with Crippen molar-refractivity contribution >= 4 is 71.5 Å². The van der Waals surface area contributed by atoms with Gasteiger partial charge in [0.05, 0.1) is 22.8 Å². The summed E-state index contributed by atoms with van der Waals surface area (Å²) < 4.78 is 0. The Kier molecular flexibility index (Phi) is 9.92. The van der Waals surface area contributed by atoms with E-state index in [1.807, 2.05) is 97.1 Å². The van der Waals surface area contributed by atoms with Gasteiger partial charge in [-0.05, 0) is 68.8 Å². The van der Waals surface area contributed by atoms with Gasteiger partial charge in [-0.25, -0.2) is 9.97 Å². The van der Waals surface area contributed by atoms with Crippen LogP contribution in [0.4, 0.5) is 0 Å². The molecule has 272 valence electrons. The van der Waals surface area contributed by atoms with Gasteiger partial charge >= 0.3 is 17.1 Å². The predicted molar refractivity (Wildman–Crippen MR) is 220 cm³/mol. The van der Waals surface area contributed by atoms with Gasteiger partial charge in [0.15, 0.2) is 0 Å². The summed E-state index contributed by atoms with van der Waals surface area (Å²) in [5.41, 5.74) is 13.8. The second-order valence-electron chi connectivity index (χ2n) is 13.3. The van der Waals surface area contributed by atoms with E-state index in [0.29, 0.717) is 67.1 Å². The minimum Gasteiger partial charge on any atom is -0.657 e. The summed E-state index contributed by atoms with van der Waals surface area (Å²) in [6.45, 7) is 0. The summed E-state index contributed by atoms with van der Waals surface area (Å²) in [4.78, 5) is 67.4. The zero-order chi connectivity index (χ0) is 38.2. The van der Waals surface area contributed by atoms with Gasteiger partial charge in [0.2, 0.25) is 0 Å². The summed E-state index contributed by atoms with van der Waals surface area (Å²) in [5, 5.41) is 0. The maximum Gasteiger partial charge on any atom is 2.00 e. The largest absolute Gasteiger partial charge is 2.00 e. The molecule has 0 spiro atoms. The van der Waals surface area contributed by atoms with Crippen molar-refractivity contribution < 1.29 is 36.2 Å². The molecule has 0 saturated heterocycles. The number of hydrogen-bond acceptors (Lipinski definition) is 6. The van der Waals surface area contributed by atoms with Crippen molar-refractivity contribution in [3.05, 3.63) is 166 Å². The molecular formula is C48H28FeN4O4. The molecule has 57 heavy (non-hydrogen) atoms. The van der Waals surface area contributed by atoms with Gasteiger partial charge in [0.1, 0.15) is 25.1 Å². The minimum absolute atomic E-state index is 0. The number of carbonyl (C=O) groups is 4. The number of fused-ring (bicyclic) bond motifs is 8. The molecule has 0 amide bonds. The van der Waals surface area contributed by atoms with Gasteiger partial charge < -0.3 is 9.97 Å². The molecule has 4 aromatic carbocycles. The summed E-state index contributed by atoms with van der Waals surface area (Å²) in [6, 6.07) is 37.1. The Morgan fingerprint density at radius 3 is 0.719 bits per heavy atom. The second-order valence-corrected chi connectivity index (χ2v) is 13.3. The zero-order valence-electron chi connectivity index (χ0n) is 29.9. The molecule has 5 heterocycles. The van der Waals surface area contributed by atoms with Crippen molar-refractivity contribution in [2.45, 2.75) is 0 Å². The topological polar surface area (TPSA) is 122 Å². The third kappa shape index (κ3) is 6.82. The van der Waals surface area contributed by atoms with Crippen molar-refractivity contribution in [1.29, 1.82) is 0 Å². The van der Waals surface area contributed by atoms with Crippen molar-refractivity contribution in [3.63, 3.8) is 0 Å². The van der Waals surface area contributed by atoms with E-state index in [4.69, 9.17) is 19.9 Å². The Bertz CT molecular complexity index is 2560. The molecule has 8 nitrogen and oxygen atoms in total. The number of aldehydes is 4. The van der Waals surface area contributed by atoms with Crippen LogP contribution < -0.4 is 9.97 Å². The molecule has 0 unspecified atom stereocenters. The molecule has 7 aromatic rings. The average molecular weight is 781 g/mol. The number of rotatable bonds is 8. The van der Waals surface area contributed by atoms with E-state index < -0.39 is 0 Å². The van der Waals surface area contributed by atoms with Crippen molar-refractivity contribution in [3.8, 4) is 44.5 Å². The third-order valence-corrected chi connectivity index (χ3v) is 9.95. The van der Waals surface area contributed by atoms with E-state index in [1.54, 1.807) is 48.5 Å². The molecule has 8 bridgehead atoms. The standard InChI is InChI=1S/C48H29N4O4.Fe/c53-25-29-1-9-33(10-2-29)45-37-17-19-39(49-37)46(34-11-3-30(26-54)4-12-34)41-21-23-43(51-41)48(36-15-7-32(28-56)8-16-36)44-24-22-42(52-44)47(40-20-18-38(45)50-40)35-13-5-31(27-55)6-14-35;/h1-28H,(H-,49,50,51,52,53,54,55,56);/q-1;+2/p-1. The summed E-state index contributed by atoms with van der Waals surface area (Å²) in [7, 11) is 0. The molecule has 9 heteroatoms. The fraction of sp³-hybridized carbons (Fsp3) is 0. The number of hydrogen-bond donors (Lipinski definition) is 0. The molecule has 2 aliphatic rings. The monoisotopic (exact) mass is 780 g/mol. The number of benzene rings is 4. The molecule has 3 aromatic heterocycles. The Balaban J connectivity index is 0.00000455. The SMILES string of the molecule is O=Cc1ccc(-c2c3nc(c(-c4ccc(C=O)cc4)c4ccc([n-]4)c(-c4ccc(C=O)cc4)c4nc(c(-c5ccc(C=O)cc5)c5ccc2[n-]5)C=C4)C=C3)cc1.[Fe+2]. The first kappa shape index (κ1) is 36.6. The number of aromatic nitrogens is 4. The van der Waals surface area contributed by atoms with Gasteiger partial charge in [-0.1, -0.05) is 121 Å². The Labute approximate surface area is 337 Å². The summed E-state index contributed by atoms with van der Waals surface area (Å²) >= 11 is 0. The van der Waals surface area contributed by atoms with Gasteiger partial charge in [0, 0.05) is 22.3 Å². The predicted octanol–water partition coefficient (Wildman–Crippen LogP) is 9.83. The van der Waals surface area contributed by atoms with Crippen LogP contribution in [0.3, 0.4) is 0 Å². The number of nitrogens with zero attached hydrogens (tertiary/aromatic N) is 4. The van der Waals surface area contributed by atoms with E-state index >= 15 is 0 Å². The van der Waals surface area contributed by atoms with Crippen LogP contribution in [0.25, 0.3) is 90.9 Å². The minimum atomic E-state index is 0. The quantitative estimate of drug-likeness (QED) is 0.110. The van der Waals surface area contributed by atoms with E-state index in [0.717, 1.165) is 69.7 Å². The van der Waals surface area contributed by atoms with E-state index in [1.165, 1.54) is 0 Å². The first-order valence-corrected chi connectivity index (χ1v) is 17.8. The first-order chi connectivity index (χ1) is 27.5. The third-order valence-electron chi connectivity index (χ3n) is 9.95. The first-order valence-electron chi connectivity index (χ1n) is 17.8. The molecular weight excluding hydrogens is 752 g/mol. The average Bonchev–Trinajstić information content (AvgIpc) is 4.10. The van der Waals surface area contributed by atoms with Crippen LogP contribution in [0.15, 0.2) is 121 Å². The van der Waals surface area contributed by atoms with Crippen molar-refractivity contribution in [1.82, 2.24) is 19.9 Å². The van der Waals surface area contributed by atoms with Crippen LogP contribution in [0.5, 0.6) is 0 Å². The van der Waals surface area contributed by atoms with Crippen LogP contribution in [-0.2, 0) is 17.1 Å². The molecule has 0 N–H and O–H groups in total. The summed E-state index contributed by atoms with van der Waals surface area (Å²) in [6.07, 6.45) is 11.1. The van der Waals surface area contributed by atoms with Crippen LogP contribution >= 0.6 is 0 Å². The van der Waals surface area contributed by atoms with Crippen LogP contribution in [0, 0.1) is 0 Å². The maximum absolute atomic E-state index is 11.6. The molecule has 0 saturated carbocycles. The fourth-order valence-electron chi connectivity index (χ4n) is 7.18. The van der Waals surface area contributed by atoms with E-state index in [9.17, 15) is 19.2 Å². The Morgan fingerprint density at radius 1 is 0.316 bits per heavy atom. The van der Waals surface area contributed by atoms with Gasteiger partial charge in [-0.3, -0.25) is 19.2 Å². The van der Waals surface area contributed by atoms with E-state index in [-0.39, 0.29) is 17.1 Å². The maximum atomic E-state index is 11.6. The van der Waals surface area contributed by atoms with Crippen LogP contribution in [0.1, 0.15) is 64.2 Å². The fourth-order valence-corrected chi connectivity index (χ4v) is 7.18. The molecule has 9 rings (SSSR count). The Hall–Kier alpha value is -7.32. The van der Waals surface area contributed by atoms with Gasteiger partial charge in [-0.15, -0.1) is 22.1 Å².